The number of aliphatic imine (C=N–C) groups is 1. The highest BCUT2D eigenvalue weighted by molar-refractivity contribution is 7.91. The van der Waals surface area contributed by atoms with Gasteiger partial charge in [0.05, 0.1) is 24.0 Å². The molecule has 1 atom stereocenters. The fraction of sp³-hybridized carbons (Fsp3) is 0.273. The second-order valence-corrected chi connectivity index (χ2v) is 9.00. The monoisotopic (exact) mass is 443 g/mol. The van der Waals surface area contributed by atoms with Crippen LogP contribution in [0.4, 0.5) is 4.39 Å². The standard InChI is InChI=1S/C22H26FN5O2S/c1-3-24-22(25-13-15-31(29,30)21-11-5-4-10-20(21)23)27-17(2)18-8-6-9-19(16-18)28-14-7-12-26-28/h4-12,14,16-17H,3,13,15H2,1-2H3,(H2,24,25,27). The van der Waals surface area contributed by atoms with Crippen molar-refractivity contribution in [1.29, 1.82) is 0 Å². The number of hydrogen-bond donors (Lipinski definition) is 2. The maximum Gasteiger partial charge on any atom is 0.191 e. The van der Waals surface area contributed by atoms with Crippen LogP contribution in [-0.2, 0) is 9.84 Å². The van der Waals surface area contributed by atoms with E-state index < -0.39 is 15.7 Å². The smallest absolute Gasteiger partial charge is 0.191 e. The minimum absolute atomic E-state index is 0.00600. The van der Waals surface area contributed by atoms with Gasteiger partial charge in [-0.3, -0.25) is 4.99 Å². The molecule has 0 aliphatic heterocycles. The Hall–Kier alpha value is -3.20. The summed E-state index contributed by atoms with van der Waals surface area (Å²) in [5.74, 6) is -0.543. The van der Waals surface area contributed by atoms with Crippen LogP contribution in [0.3, 0.4) is 0 Å². The Bertz CT molecular complexity index is 1130. The molecule has 0 bridgehead atoms. The summed E-state index contributed by atoms with van der Waals surface area (Å²) in [7, 11) is -3.76. The molecule has 2 aromatic carbocycles. The normalized spacial score (nSPS) is 13.1. The number of halogens is 1. The molecule has 0 saturated carbocycles. The summed E-state index contributed by atoms with van der Waals surface area (Å²) in [4.78, 5) is 4.07. The van der Waals surface area contributed by atoms with Gasteiger partial charge in [0.1, 0.15) is 10.7 Å². The van der Waals surface area contributed by atoms with Crippen molar-refractivity contribution in [3.8, 4) is 5.69 Å². The van der Waals surface area contributed by atoms with Crippen LogP contribution in [0.1, 0.15) is 25.5 Å². The van der Waals surface area contributed by atoms with E-state index in [1.165, 1.54) is 18.2 Å². The maximum absolute atomic E-state index is 13.8. The Balaban J connectivity index is 1.68. The molecular weight excluding hydrogens is 417 g/mol. The number of nitrogens with one attached hydrogen (secondary N) is 2. The minimum Gasteiger partial charge on any atom is -0.357 e. The first-order valence-corrected chi connectivity index (χ1v) is 11.7. The summed E-state index contributed by atoms with van der Waals surface area (Å²) in [5, 5.41) is 10.6. The van der Waals surface area contributed by atoms with Crippen LogP contribution in [0.25, 0.3) is 5.69 Å². The van der Waals surface area contributed by atoms with E-state index in [1.54, 1.807) is 10.9 Å². The van der Waals surface area contributed by atoms with E-state index in [0.29, 0.717) is 12.5 Å². The van der Waals surface area contributed by atoms with Crippen LogP contribution in [0.2, 0.25) is 0 Å². The van der Waals surface area contributed by atoms with Gasteiger partial charge in [0, 0.05) is 18.9 Å². The highest BCUT2D eigenvalue weighted by atomic mass is 32.2. The van der Waals surface area contributed by atoms with Gasteiger partial charge in [-0.15, -0.1) is 0 Å². The maximum atomic E-state index is 13.8. The van der Waals surface area contributed by atoms with E-state index in [4.69, 9.17) is 0 Å². The SMILES string of the molecule is CCNC(=NCCS(=O)(=O)c1ccccc1F)NC(C)c1cccc(-n2cccn2)c1. The van der Waals surface area contributed by atoms with E-state index in [-0.39, 0.29) is 23.2 Å². The van der Waals surface area contributed by atoms with Gasteiger partial charge in [-0.25, -0.2) is 17.5 Å². The molecule has 3 rings (SSSR count). The molecule has 1 unspecified atom stereocenters. The molecule has 0 saturated heterocycles. The number of hydrogen-bond acceptors (Lipinski definition) is 4. The predicted molar refractivity (Wildman–Crippen MR) is 120 cm³/mol. The predicted octanol–water partition coefficient (Wildman–Crippen LogP) is 3.10. The largest absolute Gasteiger partial charge is 0.357 e. The van der Waals surface area contributed by atoms with Crippen LogP contribution in [0.5, 0.6) is 0 Å². The summed E-state index contributed by atoms with van der Waals surface area (Å²) >= 11 is 0. The van der Waals surface area contributed by atoms with E-state index in [1.807, 2.05) is 50.4 Å². The van der Waals surface area contributed by atoms with Crippen molar-refractivity contribution in [3.63, 3.8) is 0 Å². The van der Waals surface area contributed by atoms with Crippen molar-refractivity contribution in [2.75, 3.05) is 18.8 Å². The van der Waals surface area contributed by atoms with E-state index in [2.05, 4.69) is 20.7 Å². The number of benzene rings is 2. The molecule has 3 aromatic rings. The zero-order valence-corrected chi connectivity index (χ0v) is 18.3. The lowest BCUT2D eigenvalue weighted by atomic mass is 10.1. The number of rotatable bonds is 8. The van der Waals surface area contributed by atoms with Gasteiger partial charge >= 0.3 is 0 Å². The molecule has 164 valence electrons. The lowest BCUT2D eigenvalue weighted by molar-refractivity contribution is 0.567. The Kier molecular flexibility index (Phi) is 7.41. The lowest BCUT2D eigenvalue weighted by Crippen LogP contribution is -2.39. The van der Waals surface area contributed by atoms with Crippen LogP contribution >= 0.6 is 0 Å². The second kappa shape index (κ2) is 10.2. The quantitative estimate of drug-likeness (QED) is 0.413. The molecule has 0 spiro atoms. The minimum atomic E-state index is -3.76. The Morgan fingerprint density at radius 3 is 2.71 bits per heavy atom. The Morgan fingerprint density at radius 1 is 1.19 bits per heavy atom. The first kappa shape index (κ1) is 22.5. The molecule has 1 aromatic heterocycles. The average Bonchev–Trinajstić information content (AvgIpc) is 3.29. The zero-order valence-electron chi connectivity index (χ0n) is 17.5. The van der Waals surface area contributed by atoms with Crippen LogP contribution in [0.15, 0.2) is 76.9 Å². The van der Waals surface area contributed by atoms with E-state index in [0.717, 1.165) is 17.3 Å². The molecule has 1 heterocycles. The van der Waals surface area contributed by atoms with Gasteiger partial charge in [-0.2, -0.15) is 5.10 Å². The zero-order chi connectivity index (χ0) is 22.3. The van der Waals surface area contributed by atoms with Crippen molar-refractivity contribution in [2.24, 2.45) is 4.99 Å². The lowest BCUT2D eigenvalue weighted by Gasteiger charge is -2.19. The highest BCUT2D eigenvalue weighted by Gasteiger charge is 2.18. The van der Waals surface area contributed by atoms with E-state index in [9.17, 15) is 12.8 Å². The van der Waals surface area contributed by atoms with Gasteiger partial charge in [0.15, 0.2) is 15.8 Å². The Morgan fingerprint density at radius 2 is 2.00 bits per heavy atom. The molecule has 0 aliphatic rings. The number of guanidine groups is 1. The van der Waals surface area contributed by atoms with Crippen molar-refractivity contribution < 1.29 is 12.8 Å². The third kappa shape index (κ3) is 5.91. The highest BCUT2D eigenvalue weighted by Crippen LogP contribution is 2.17. The fourth-order valence-electron chi connectivity index (χ4n) is 3.05. The van der Waals surface area contributed by atoms with Crippen molar-refractivity contribution in [2.45, 2.75) is 24.8 Å². The van der Waals surface area contributed by atoms with Gasteiger partial charge in [-0.05, 0) is 49.7 Å². The first-order valence-electron chi connectivity index (χ1n) is 10.0. The summed E-state index contributed by atoms with van der Waals surface area (Å²) < 4.78 is 40.5. The van der Waals surface area contributed by atoms with Crippen LogP contribution in [0, 0.1) is 5.82 Å². The molecule has 7 nitrogen and oxygen atoms in total. The van der Waals surface area contributed by atoms with Crippen molar-refractivity contribution in [1.82, 2.24) is 20.4 Å². The summed E-state index contributed by atoms with van der Waals surface area (Å²) in [5.41, 5.74) is 1.96. The summed E-state index contributed by atoms with van der Waals surface area (Å²) in [6, 6.07) is 15.1. The van der Waals surface area contributed by atoms with Gasteiger partial charge in [0.25, 0.3) is 0 Å². The molecule has 2 N–H and O–H groups in total. The summed E-state index contributed by atoms with van der Waals surface area (Å²) in [6.07, 6.45) is 3.60. The van der Waals surface area contributed by atoms with Gasteiger partial charge < -0.3 is 10.6 Å². The summed E-state index contributed by atoms with van der Waals surface area (Å²) in [6.45, 7) is 4.54. The molecule has 9 heteroatoms. The van der Waals surface area contributed by atoms with Crippen molar-refractivity contribution in [3.05, 3.63) is 78.4 Å². The topological polar surface area (TPSA) is 88.4 Å². The van der Waals surface area contributed by atoms with Crippen molar-refractivity contribution >= 4 is 15.8 Å². The van der Waals surface area contributed by atoms with Crippen LogP contribution in [-0.4, -0.2) is 43.0 Å². The van der Waals surface area contributed by atoms with E-state index >= 15 is 0 Å². The fourth-order valence-corrected chi connectivity index (χ4v) is 4.25. The first-order chi connectivity index (χ1) is 14.9. The number of sulfone groups is 1. The number of aromatic nitrogens is 2. The molecule has 31 heavy (non-hydrogen) atoms. The number of nitrogens with zero attached hydrogens (tertiary/aromatic N) is 3. The van der Waals surface area contributed by atoms with Gasteiger partial charge in [-0.1, -0.05) is 24.3 Å². The average molecular weight is 444 g/mol. The Labute approximate surface area is 181 Å². The molecule has 0 amide bonds. The third-order valence-corrected chi connectivity index (χ3v) is 6.36. The molecule has 0 radical (unpaired) electrons. The molecule has 0 aliphatic carbocycles. The second-order valence-electron chi connectivity index (χ2n) is 6.92. The van der Waals surface area contributed by atoms with Crippen LogP contribution < -0.4 is 10.6 Å². The molecular formula is C22H26FN5O2S. The third-order valence-electron chi connectivity index (χ3n) is 4.64. The van der Waals surface area contributed by atoms with Gasteiger partial charge in [0.2, 0.25) is 0 Å². The molecule has 0 fully saturated rings.